The van der Waals surface area contributed by atoms with Crippen LogP contribution in [0.3, 0.4) is 0 Å². The Morgan fingerprint density at radius 3 is 2.65 bits per heavy atom. The van der Waals surface area contributed by atoms with Crippen molar-refractivity contribution in [1.29, 1.82) is 0 Å². The first kappa shape index (κ1) is 11.2. The number of nitrogens with zero attached hydrogens (tertiary/aromatic N) is 3. The molecule has 1 saturated carbocycles. The van der Waals surface area contributed by atoms with Crippen LogP contribution in [0.4, 0.5) is 0 Å². The van der Waals surface area contributed by atoms with E-state index in [1.165, 1.54) is 0 Å². The van der Waals surface area contributed by atoms with Crippen LogP contribution in [-0.2, 0) is 5.60 Å². The lowest BCUT2D eigenvalue weighted by Gasteiger charge is -2.19. The largest absolute Gasteiger partial charge is 0.382 e. The smallest absolute Gasteiger partial charge is 0.225 e. The third kappa shape index (κ3) is 1.78. The number of fused-ring (bicyclic) bond motifs is 1. The molecule has 1 aliphatic rings. The molecule has 1 aliphatic carbocycles. The fourth-order valence-corrected chi connectivity index (χ4v) is 2.34. The molecule has 0 bridgehead atoms. The average Bonchev–Trinajstić information content (AvgIpc) is 2.99. The Balaban J connectivity index is 2.16. The number of imidazole rings is 1. The fraction of sp³-hybridized carbons (Fsp3) is 0.500. The molecule has 1 fully saturated rings. The summed E-state index contributed by atoms with van der Waals surface area (Å²) >= 11 is 11.6. The maximum atomic E-state index is 10.4. The van der Waals surface area contributed by atoms with Crippen LogP contribution in [-0.4, -0.2) is 25.0 Å². The van der Waals surface area contributed by atoms with Gasteiger partial charge in [-0.2, -0.15) is 4.98 Å². The zero-order valence-electron chi connectivity index (χ0n) is 9.04. The zero-order chi connectivity index (χ0) is 12.2. The number of aromatic amines is 1. The Labute approximate surface area is 107 Å². The van der Waals surface area contributed by atoms with Crippen molar-refractivity contribution in [3.8, 4) is 0 Å². The topological polar surface area (TPSA) is 74.7 Å². The van der Waals surface area contributed by atoms with Crippen LogP contribution < -0.4 is 0 Å². The molecule has 5 nitrogen and oxygen atoms in total. The lowest BCUT2D eigenvalue weighted by atomic mass is 10.0. The molecule has 0 spiro atoms. The van der Waals surface area contributed by atoms with E-state index in [2.05, 4.69) is 19.9 Å². The summed E-state index contributed by atoms with van der Waals surface area (Å²) in [5.74, 6) is 0.707. The summed E-state index contributed by atoms with van der Waals surface area (Å²) in [4.78, 5) is 15.0. The average molecular weight is 273 g/mol. The third-order valence-corrected chi connectivity index (χ3v) is 3.56. The van der Waals surface area contributed by atoms with E-state index in [0.29, 0.717) is 17.0 Å². The number of aliphatic hydroxyl groups is 1. The van der Waals surface area contributed by atoms with Gasteiger partial charge in [0.2, 0.25) is 5.28 Å². The quantitative estimate of drug-likeness (QED) is 0.650. The van der Waals surface area contributed by atoms with Crippen LogP contribution in [0.1, 0.15) is 25.6 Å². The highest BCUT2D eigenvalue weighted by molar-refractivity contribution is 6.35. The summed E-state index contributed by atoms with van der Waals surface area (Å²) in [6, 6.07) is 0. The number of H-pyrrole nitrogens is 1. The minimum atomic E-state index is -0.976. The van der Waals surface area contributed by atoms with Crippen LogP contribution in [0.5, 0.6) is 0 Å². The van der Waals surface area contributed by atoms with Gasteiger partial charge in [0, 0.05) is 0 Å². The number of rotatable bonds is 2. The normalized spacial score (nSPS) is 19.5. The molecular formula is C10H10Cl2N4O. The van der Waals surface area contributed by atoms with E-state index in [0.717, 1.165) is 12.8 Å². The van der Waals surface area contributed by atoms with E-state index in [9.17, 15) is 5.11 Å². The van der Waals surface area contributed by atoms with Gasteiger partial charge in [0.15, 0.2) is 10.8 Å². The van der Waals surface area contributed by atoms with E-state index < -0.39 is 5.60 Å². The molecule has 1 unspecified atom stereocenters. The maximum absolute atomic E-state index is 10.4. The van der Waals surface area contributed by atoms with Crippen LogP contribution in [0, 0.1) is 5.92 Å². The fourth-order valence-electron chi connectivity index (χ4n) is 1.92. The highest BCUT2D eigenvalue weighted by Crippen LogP contribution is 2.44. The second kappa shape index (κ2) is 3.54. The van der Waals surface area contributed by atoms with Gasteiger partial charge < -0.3 is 10.1 Å². The van der Waals surface area contributed by atoms with Gasteiger partial charge in [-0.15, -0.1) is 0 Å². The van der Waals surface area contributed by atoms with Crippen LogP contribution >= 0.6 is 23.2 Å². The van der Waals surface area contributed by atoms with Gasteiger partial charge in [0.05, 0.1) is 0 Å². The predicted octanol–water partition coefficient (Wildman–Crippen LogP) is 2.28. The predicted molar refractivity (Wildman–Crippen MR) is 64.0 cm³/mol. The summed E-state index contributed by atoms with van der Waals surface area (Å²) in [5, 5.41) is 10.6. The van der Waals surface area contributed by atoms with Crippen molar-refractivity contribution in [2.75, 3.05) is 0 Å². The Morgan fingerprint density at radius 2 is 2.00 bits per heavy atom. The van der Waals surface area contributed by atoms with Crippen LogP contribution in [0.15, 0.2) is 0 Å². The van der Waals surface area contributed by atoms with Crippen molar-refractivity contribution in [3.63, 3.8) is 0 Å². The monoisotopic (exact) mass is 272 g/mol. The van der Waals surface area contributed by atoms with E-state index >= 15 is 0 Å². The lowest BCUT2D eigenvalue weighted by molar-refractivity contribution is 0.0250. The summed E-state index contributed by atoms with van der Waals surface area (Å²) in [7, 11) is 0. The Bertz CT molecular complexity index is 591. The number of nitrogens with one attached hydrogen (secondary N) is 1. The molecule has 2 aromatic rings. The van der Waals surface area contributed by atoms with E-state index in [-0.39, 0.29) is 16.4 Å². The standard InChI is InChI=1S/C10H10Cl2N4O/c1-10(17,4-2-3-4)8-13-5-6(11)14-9(12)16-7(5)15-8/h4,17H,2-3H2,1H3,(H,13,14,15,16). The van der Waals surface area contributed by atoms with Gasteiger partial charge in [-0.05, 0) is 37.3 Å². The lowest BCUT2D eigenvalue weighted by Crippen LogP contribution is -2.25. The Kier molecular flexibility index (Phi) is 2.33. The highest BCUT2D eigenvalue weighted by atomic mass is 35.5. The van der Waals surface area contributed by atoms with Crippen molar-refractivity contribution in [2.24, 2.45) is 5.92 Å². The van der Waals surface area contributed by atoms with Crippen LogP contribution in [0.25, 0.3) is 11.2 Å². The molecule has 0 amide bonds. The molecule has 1 atom stereocenters. The van der Waals surface area contributed by atoms with Crippen molar-refractivity contribution < 1.29 is 5.11 Å². The molecule has 2 heterocycles. The Morgan fingerprint density at radius 1 is 1.29 bits per heavy atom. The van der Waals surface area contributed by atoms with Gasteiger partial charge in [-0.25, -0.2) is 9.97 Å². The van der Waals surface area contributed by atoms with Crippen molar-refractivity contribution >= 4 is 34.4 Å². The number of aromatic nitrogens is 4. The summed E-state index contributed by atoms with van der Waals surface area (Å²) in [6.07, 6.45) is 2.01. The van der Waals surface area contributed by atoms with Gasteiger partial charge >= 0.3 is 0 Å². The number of hydrogen-bond donors (Lipinski definition) is 2. The molecule has 0 saturated heterocycles. The molecule has 2 N–H and O–H groups in total. The minimum Gasteiger partial charge on any atom is -0.382 e. The second-order valence-corrected chi connectivity index (χ2v) is 5.18. The first-order chi connectivity index (χ1) is 7.98. The molecule has 0 aromatic carbocycles. The van der Waals surface area contributed by atoms with Crippen molar-refractivity contribution in [3.05, 3.63) is 16.3 Å². The first-order valence-electron chi connectivity index (χ1n) is 5.30. The number of halogens is 2. The minimum absolute atomic E-state index is 0.0590. The number of hydrogen-bond acceptors (Lipinski definition) is 4. The molecule has 7 heteroatoms. The third-order valence-electron chi connectivity index (χ3n) is 3.13. The van der Waals surface area contributed by atoms with Gasteiger partial charge in [-0.3, -0.25) is 0 Å². The van der Waals surface area contributed by atoms with Crippen molar-refractivity contribution in [1.82, 2.24) is 19.9 Å². The molecule has 3 rings (SSSR count). The zero-order valence-corrected chi connectivity index (χ0v) is 10.5. The molecule has 0 radical (unpaired) electrons. The van der Waals surface area contributed by atoms with Crippen molar-refractivity contribution in [2.45, 2.75) is 25.4 Å². The maximum Gasteiger partial charge on any atom is 0.225 e. The highest BCUT2D eigenvalue weighted by Gasteiger charge is 2.43. The molecule has 0 aliphatic heterocycles. The molecule has 2 aromatic heterocycles. The summed E-state index contributed by atoms with van der Waals surface area (Å²) in [5.41, 5.74) is -0.0887. The van der Waals surface area contributed by atoms with E-state index in [1.807, 2.05) is 0 Å². The van der Waals surface area contributed by atoms with Gasteiger partial charge in [0.25, 0.3) is 0 Å². The Hall–Kier alpha value is -0.910. The summed E-state index contributed by atoms with van der Waals surface area (Å²) in [6.45, 7) is 1.74. The SMILES string of the molecule is CC(O)(c1nc2c(Cl)nc(Cl)nc2[nH]1)C1CC1. The van der Waals surface area contributed by atoms with Crippen LogP contribution in [0.2, 0.25) is 10.4 Å². The summed E-state index contributed by atoms with van der Waals surface area (Å²) < 4.78 is 0. The molecule has 17 heavy (non-hydrogen) atoms. The van der Waals surface area contributed by atoms with E-state index in [4.69, 9.17) is 23.2 Å². The second-order valence-electron chi connectivity index (χ2n) is 4.49. The first-order valence-corrected chi connectivity index (χ1v) is 6.05. The van der Waals surface area contributed by atoms with Gasteiger partial charge in [-0.1, -0.05) is 11.6 Å². The molecular weight excluding hydrogens is 263 g/mol. The molecule has 90 valence electrons. The van der Waals surface area contributed by atoms with E-state index in [1.54, 1.807) is 6.92 Å². The van der Waals surface area contributed by atoms with Gasteiger partial charge in [0.1, 0.15) is 16.9 Å².